The molecule has 1 rings (SSSR count). The van der Waals surface area contributed by atoms with Crippen LogP contribution in [0.25, 0.3) is 0 Å². The van der Waals surface area contributed by atoms with E-state index in [0.29, 0.717) is 12.3 Å². The Hall–Kier alpha value is -0.910. The topological polar surface area (TPSA) is 70.0 Å². The second kappa shape index (κ2) is 14.2. The number of hydrogen-bond acceptors (Lipinski definition) is 5. The van der Waals surface area contributed by atoms with Gasteiger partial charge in [0.25, 0.3) is 5.79 Å². The molecule has 1 aliphatic carbocycles. The van der Waals surface area contributed by atoms with Gasteiger partial charge in [-0.15, -0.1) is 0 Å². The summed E-state index contributed by atoms with van der Waals surface area (Å²) in [6, 6.07) is 0. The minimum atomic E-state index is -2.35. The predicted octanol–water partition coefficient (Wildman–Crippen LogP) is 4.52. The van der Waals surface area contributed by atoms with E-state index in [0.717, 1.165) is 31.2 Å². The van der Waals surface area contributed by atoms with Crippen molar-refractivity contribution in [3.63, 3.8) is 0 Å². The third-order valence-electron chi connectivity index (χ3n) is 6.29. The number of rotatable bonds is 15. The number of carbonyl (C=O) groups excluding carboxylic acids is 1. The van der Waals surface area contributed by atoms with Crippen molar-refractivity contribution >= 4 is 5.97 Å². The fourth-order valence-corrected chi connectivity index (χ4v) is 4.69. The highest BCUT2D eigenvalue weighted by molar-refractivity contribution is 5.76. The van der Waals surface area contributed by atoms with Crippen LogP contribution in [0.4, 0.5) is 0 Å². The maximum absolute atomic E-state index is 11.3. The first kappa shape index (κ1) is 26.1. The van der Waals surface area contributed by atoms with Crippen molar-refractivity contribution in [1.29, 1.82) is 0 Å². The van der Waals surface area contributed by atoms with Crippen molar-refractivity contribution in [3.8, 4) is 0 Å². The number of ether oxygens (including phenoxy) is 1. The maximum atomic E-state index is 11.3. The third-order valence-corrected chi connectivity index (χ3v) is 6.29. The Morgan fingerprint density at radius 3 is 2.41 bits per heavy atom. The lowest BCUT2D eigenvalue weighted by Gasteiger charge is -2.25. The zero-order chi connectivity index (χ0) is 21.7. The molecule has 0 aromatic rings. The molecule has 0 aliphatic heterocycles. The molecule has 2 N–H and O–H groups in total. The van der Waals surface area contributed by atoms with E-state index in [1.165, 1.54) is 58.5 Å². The van der Waals surface area contributed by atoms with Gasteiger partial charge in [-0.05, 0) is 70.4 Å². The average Bonchev–Trinajstić information content (AvgIpc) is 3.04. The first-order valence-corrected chi connectivity index (χ1v) is 11.7. The van der Waals surface area contributed by atoms with E-state index < -0.39 is 11.8 Å². The highest BCUT2D eigenvalue weighted by Gasteiger charge is 2.35. The van der Waals surface area contributed by atoms with Crippen LogP contribution in [-0.2, 0) is 9.53 Å². The molecular formula is C24H45NO4. The third kappa shape index (κ3) is 10.1. The van der Waals surface area contributed by atoms with E-state index in [1.54, 1.807) is 0 Å². The molecule has 1 aliphatic rings. The van der Waals surface area contributed by atoms with Gasteiger partial charge in [0.1, 0.15) is 0 Å². The minimum Gasteiger partial charge on any atom is -0.465 e. The van der Waals surface area contributed by atoms with E-state index in [2.05, 4.69) is 42.8 Å². The number of nitrogens with zero attached hydrogens (tertiary/aromatic N) is 1. The van der Waals surface area contributed by atoms with Crippen molar-refractivity contribution in [1.82, 2.24) is 4.90 Å². The summed E-state index contributed by atoms with van der Waals surface area (Å²) in [5.41, 5.74) is 0. The molecule has 0 unspecified atom stereocenters. The lowest BCUT2D eigenvalue weighted by Crippen LogP contribution is -2.39. The molecule has 5 nitrogen and oxygen atoms in total. The summed E-state index contributed by atoms with van der Waals surface area (Å²) in [6.07, 6.45) is 17.8. The van der Waals surface area contributed by atoms with Gasteiger partial charge < -0.3 is 19.8 Å². The largest absolute Gasteiger partial charge is 0.465 e. The van der Waals surface area contributed by atoms with Gasteiger partial charge in [-0.3, -0.25) is 0 Å². The summed E-state index contributed by atoms with van der Waals surface area (Å²) >= 11 is 0. The zero-order valence-electron chi connectivity index (χ0n) is 19.2. The Balaban J connectivity index is 2.44. The van der Waals surface area contributed by atoms with Crippen molar-refractivity contribution in [2.75, 3.05) is 27.7 Å². The van der Waals surface area contributed by atoms with Crippen LogP contribution in [-0.4, -0.2) is 54.6 Å². The molecule has 5 heteroatoms. The molecule has 0 heterocycles. The van der Waals surface area contributed by atoms with Gasteiger partial charge in [-0.1, -0.05) is 51.2 Å². The van der Waals surface area contributed by atoms with Crippen LogP contribution < -0.4 is 0 Å². The van der Waals surface area contributed by atoms with Gasteiger partial charge in [-0.2, -0.15) is 0 Å². The normalized spacial score (nSPS) is 22.7. The van der Waals surface area contributed by atoms with Crippen LogP contribution in [0.2, 0.25) is 0 Å². The monoisotopic (exact) mass is 411 g/mol. The van der Waals surface area contributed by atoms with E-state index >= 15 is 0 Å². The van der Waals surface area contributed by atoms with Gasteiger partial charge in [0.15, 0.2) is 0 Å². The van der Waals surface area contributed by atoms with E-state index in [1.807, 2.05) is 0 Å². The summed E-state index contributed by atoms with van der Waals surface area (Å²) in [4.78, 5) is 13.6. The highest BCUT2D eigenvalue weighted by Crippen LogP contribution is 2.41. The molecule has 0 aromatic heterocycles. The Bertz CT molecular complexity index is 476. The SMILES string of the molecule is CCCCCCC=C[C@@H]1[C@H](CCCCCC(O)(O)C(=O)OC)CC[C@H]1CN(C)C. The van der Waals surface area contributed by atoms with E-state index in [-0.39, 0.29) is 6.42 Å². The molecule has 0 aromatic carbocycles. The van der Waals surface area contributed by atoms with Crippen molar-refractivity contribution in [2.45, 2.75) is 89.8 Å². The Kier molecular flexibility index (Phi) is 12.8. The standard InChI is InChI=1S/C24H45NO4/c1-5-6-7-8-9-12-15-22-20(16-17-21(22)19-25(2)3)14-11-10-13-18-24(27,28)23(26)29-4/h12,15,20-22,27-28H,5-11,13-14,16-19H2,1-4H3/t20-,21+,22-/m1/s1. The van der Waals surface area contributed by atoms with Gasteiger partial charge in [0.05, 0.1) is 7.11 Å². The van der Waals surface area contributed by atoms with Crippen LogP contribution in [0.1, 0.15) is 84.0 Å². The van der Waals surface area contributed by atoms with Crippen LogP contribution in [0.3, 0.4) is 0 Å². The fraction of sp³-hybridized carbons (Fsp3) is 0.875. The first-order chi connectivity index (χ1) is 13.8. The molecule has 170 valence electrons. The van der Waals surface area contributed by atoms with Crippen molar-refractivity contribution in [3.05, 3.63) is 12.2 Å². The van der Waals surface area contributed by atoms with Crippen molar-refractivity contribution < 1.29 is 19.7 Å². The Labute approximate surface area is 178 Å². The number of unbranched alkanes of at least 4 members (excludes halogenated alkanes) is 6. The second-order valence-corrected chi connectivity index (χ2v) is 9.12. The Morgan fingerprint density at radius 2 is 1.76 bits per heavy atom. The minimum absolute atomic E-state index is 0.0364. The summed E-state index contributed by atoms with van der Waals surface area (Å²) in [6.45, 7) is 3.40. The van der Waals surface area contributed by atoms with Crippen LogP contribution in [0.5, 0.6) is 0 Å². The molecular weight excluding hydrogens is 366 g/mol. The van der Waals surface area contributed by atoms with E-state index in [9.17, 15) is 15.0 Å². The van der Waals surface area contributed by atoms with Gasteiger partial charge in [-0.25, -0.2) is 4.79 Å². The molecule has 0 saturated heterocycles. The molecule has 29 heavy (non-hydrogen) atoms. The number of aliphatic hydroxyl groups is 2. The lowest BCUT2D eigenvalue weighted by atomic mass is 9.85. The smallest absolute Gasteiger partial charge is 0.366 e. The number of hydrogen-bond donors (Lipinski definition) is 2. The zero-order valence-corrected chi connectivity index (χ0v) is 19.2. The quantitative estimate of drug-likeness (QED) is 0.179. The fourth-order valence-electron chi connectivity index (χ4n) is 4.69. The number of methoxy groups -OCH3 is 1. The summed E-state index contributed by atoms with van der Waals surface area (Å²) in [7, 11) is 5.50. The summed E-state index contributed by atoms with van der Waals surface area (Å²) < 4.78 is 4.43. The molecule has 0 spiro atoms. The molecule has 0 bridgehead atoms. The molecule has 1 saturated carbocycles. The lowest BCUT2D eigenvalue weighted by molar-refractivity contribution is -0.209. The Morgan fingerprint density at radius 1 is 1.07 bits per heavy atom. The summed E-state index contributed by atoms with van der Waals surface area (Å²) in [5, 5.41) is 19.4. The number of allylic oxidation sites excluding steroid dienone is 2. The van der Waals surface area contributed by atoms with E-state index in [4.69, 9.17) is 0 Å². The number of esters is 1. The van der Waals surface area contributed by atoms with Crippen LogP contribution in [0.15, 0.2) is 12.2 Å². The molecule has 1 fully saturated rings. The predicted molar refractivity (Wildman–Crippen MR) is 118 cm³/mol. The molecule has 0 radical (unpaired) electrons. The second-order valence-electron chi connectivity index (χ2n) is 9.12. The van der Waals surface area contributed by atoms with Crippen LogP contribution in [0, 0.1) is 17.8 Å². The number of carbonyl (C=O) groups is 1. The van der Waals surface area contributed by atoms with Crippen LogP contribution >= 0.6 is 0 Å². The van der Waals surface area contributed by atoms with Gasteiger partial charge in [0.2, 0.25) is 0 Å². The van der Waals surface area contributed by atoms with Gasteiger partial charge >= 0.3 is 5.97 Å². The molecule has 3 atom stereocenters. The highest BCUT2D eigenvalue weighted by atomic mass is 16.6. The molecule has 0 amide bonds. The first-order valence-electron chi connectivity index (χ1n) is 11.7. The maximum Gasteiger partial charge on any atom is 0.366 e. The average molecular weight is 412 g/mol. The van der Waals surface area contributed by atoms with Gasteiger partial charge in [0, 0.05) is 13.0 Å². The summed E-state index contributed by atoms with van der Waals surface area (Å²) in [5.74, 6) is -1.19. The van der Waals surface area contributed by atoms with Crippen molar-refractivity contribution in [2.24, 2.45) is 17.8 Å².